The molecule has 2 aliphatic heterocycles. The predicted molar refractivity (Wildman–Crippen MR) is 104 cm³/mol. The van der Waals surface area contributed by atoms with Gasteiger partial charge in [0.1, 0.15) is 6.04 Å². The SMILES string of the molecule is C[C@]12CCC(=O)N1[C@@H](C(=O)N(c1cccc([N+](=O)[O-])c1)C1CCCC1)CS2. The maximum Gasteiger partial charge on any atom is 0.271 e. The van der Waals surface area contributed by atoms with Crippen LogP contribution in [0, 0.1) is 10.1 Å². The molecule has 2 heterocycles. The van der Waals surface area contributed by atoms with Gasteiger partial charge in [-0.1, -0.05) is 18.9 Å². The van der Waals surface area contributed by atoms with E-state index in [9.17, 15) is 19.7 Å². The summed E-state index contributed by atoms with van der Waals surface area (Å²) < 4.78 is 0. The Labute approximate surface area is 162 Å². The van der Waals surface area contributed by atoms with Gasteiger partial charge >= 0.3 is 0 Å². The lowest BCUT2D eigenvalue weighted by Crippen LogP contribution is -2.53. The number of nitro benzene ring substituents is 1. The van der Waals surface area contributed by atoms with E-state index in [2.05, 4.69) is 0 Å². The Bertz CT molecular complexity index is 795. The van der Waals surface area contributed by atoms with E-state index in [1.165, 1.54) is 12.1 Å². The molecule has 27 heavy (non-hydrogen) atoms. The third-order valence-corrected chi connectivity index (χ3v) is 7.48. The van der Waals surface area contributed by atoms with Crippen molar-refractivity contribution in [2.24, 2.45) is 0 Å². The van der Waals surface area contributed by atoms with Crippen LogP contribution in [-0.2, 0) is 9.59 Å². The topological polar surface area (TPSA) is 83.8 Å². The van der Waals surface area contributed by atoms with Crippen LogP contribution in [0.15, 0.2) is 24.3 Å². The number of carbonyl (C=O) groups excluding carboxylic acids is 2. The number of fused-ring (bicyclic) bond motifs is 1. The van der Waals surface area contributed by atoms with Crippen LogP contribution in [-0.4, -0.2) is 44.3 Å². The first kappa shape index (κ1) is 18.3. The van der Waals surface area contributed by atoms with Crippen molar-refractivity contribution in [3.05, 3.63) is 34.4 Å². The molecule has 2 atom stereocenters. The molecule has 4 rings (SSSR count). The standard InChI is InChI=1S/C19H23N3O4S/c1-19-10-9-17(23)21(19)16(12-27-19)18(24)20(13-5-2-3-6-13)14-7-4-8-15(11-14)22(25)26/h4,7-8,11,13,16H,2-3,5-6,9-10,12H2,1H3/t16-,19+/m1/s1. The van der Waals surface area contributed by atoms with Crippen LogP contribution in [0.4, 0.5) is 11.4 Å². The summed E-state index contributed by atoms with van der Waals surface area (Å²) in [6, 6.07) is 5.84. The molecule has 3 aliphatic rings. The highest BCUT2D eigenvalue weighted by Crippen LogP contribution is 2.48. The minimum Gasteiger partial charge on any atom is -0.315 e. The zero-order chi connectivity index (χ0) is 19.2. The fraction of sp³-hybridized carbons (Fsp3) is 0.579. The number of carbonyl (C=O) groups is 2. The lowest BCUT2D eigenvalue weighted by Gasteiger charge is -2.35. The summed E-state index contributed by atoms with van der Waals surface area (Å²) in [6.07, 6.45) is 5.11. The number of nitro groups is 1. The molecule has 1 aromatic carbocycles. The largest absolute Gasteiger partial charge is 0.315 e. The van der Waals surface area contributed by atoms with Crippen molar-refractivity contribution in [3.63, 3.8) is 0 Å². The van der Waals surface area contributed by atoms with Crippen molar-refractivity contribution in [3.8, 4) is 0 Å². The highest BCUT2D eigenvalue weighted by molar-refractivity contribution is 8.01. The first-order valence-corrected chi connectivity index (χ1v) is 10.4. The third kappa shape index (κ3) is 3.09. The van der Waals surface area contributed by atoms with Gasteiger partial charge in [0.25, 0.3) is 11.6 Å². The zero-order valence-electron chi connectivity index (χ0n) is 15.3. The Morgan fingerprint density at radius 1 is 1.37 bits per heavy atom. The molecule has 3 fully saturated rings. The van der Waals surface area contributed by atoms with E-state index < -0.39 is 11.0 Å². The maximum absolute atomic E-state index is 13.6. The second-order valence-corrected chi connectivity index (χ2v) is 9.19. The Morgan fingerprint density at radius 2 is 2.11 bits per heavy atom. The van der Waals surface area contributed by atoms with E-state index in [1.54, 1.807) is 33.7 Å². The number of anilines is 1. The monoisotopic (exact) mass is 389 g/mol. The Hall–Kier alpha value is -2.09. The minimum atomic E-state index is -0.491. The lowest BCUT2D eigenvalue weighted by atomic mass is 10.1. The second-order valence-electron chi connectivity index (χ2n) is 7.69. The van der Waals surface area contributed by atoms with Crippen LogP contribution in [0.25, 0.3) is 0 Å². The summed E-state index contributed by atoms with van der Waals surface area (Å²) in [5.41, 5.74) is 0.539. The van der Waals surface area contributed by atoms with E-state index in [4.69, 9.17) is 0 Å². The van der Waals surface area contributed by atoms with E-state index in [1.807, 2.05) is 6.92 Å². The second kappa shape index (κ2) is 6.82. The molecule has 144 valence electrons. The fourth-order valence-electron chi connectivity index (χ4n) is 4.60. The molecule has 2 amide bonds. The zero-order valence-corrected chi connectivity index (χ0v) is 16.1. The molecular formula is C19H23N3O4S. The number of amides is 2. The van der Waals surface area contributed by atoms with Gasteiger partial charge in [0, 0.05) is 30.3 Å². The summed E-state index contributed by atoms with van der Waals surface area (Å²) in [6.45, 7) is 2.03. The van der Waals surface area contributed by atoms with E-state index in [-0.39, 0.29) is 28.4 Å². The number of benzene rings is 1. The van der Waals surface area contributed by atoms with Crippen LogP contribution in [0.3, 0.4) is 0 Å². The van der Waals surface area contributed by atoms with Gasteiger partial charge in [-0.2, -0.15) is 0 Å². The van der Waals surface area contributed by atoms with E-state index >= 15 is 0 Å². The quantitative estimate of drug-likeness (QED) is 0.583. The molecule has 0 unspecified atom stereocenters. The average Bonchev–Trinajstić information content (AvgIpc) is 3.34. The molecule has 1 aliphatic carbocycles. The van der Waals surface area contributed by atoms with Crippen molar-refractivity contribution >= 4 is 35.0 Å². The van der Waals surface area contributed by atoms with Crippen LogP contribution in [0.5, 0.6) is 0 Å². The molecule has 0 spiro atoms. The van der Waals surface area contributed by atoms with Gasteiger partial charge in [-0.15, -0.1) is 11.8 Å². The van der Waals surface area contributed by atoms with Crippen LogP contribution in [0.1, 0.15) is 45.4 Å². The average molecular weight is 389 g/mol. The van der Waals surface area contributed by atoms with Crippen molar-refractivity contribution in [2.75, 3.05) is 10.7 Å². The molecule has 7 nitrogen and oxygen atoms in total. The van der Waals surface area contributed by atoms with Crippen molar-refractivity contribution in [1.29, 1.82) is 0 Å². The van der Waals surface area contributed by atoms with E-state index in [0.717, 1.165) is 32.1 Å². The maximum atomic E-state index is 13.6. The summed E-state index contributed by atoms with van der Waals surface area (Å²) in [5.74, 6) is 0.513. The lowest BCUT2D eigenvalue weighted by molar-refractivity contribution is -0.384. The molecule has 0 aromatic heterocycles. The number of non-ortho nitro benzene ring substituents is 1. The number of hydrogen-bond acceptors (Lipinski definition) is 5. The molecule has 0 bridgehead atoms. The summed E-state index contributed by atoms with van der Waals surface area (Å²) in [4.78, 5) is 40.0. The van der Waals surface area contributed by atoms with Crippen molar-refractivity contribution < 1.29 is 14.5 Å². The van der Waals surface area contributed by atoms with Crippen molar-refractivity contribution in [2.45, 2.75) is 62.4 Å². The molecule has 0 radical (unpaired) electrons. The van der Waals surface area contributed by atoms with Crippen LogP contribution < -0.4 is 4.90 Å². The summed E-state index contributed by atoms with van der Waals surface area (Å²) in [7, 11) is 0. The highest BCUT2D eigenvalue weighted by Gasteiger charge is 2.54. The van der Waals surface area contributed by atoms with Gasteiger partial charge in [0.2, 0.25) is 5.91 Å². The Kier molecular flexibility index (Phi) is 4.61. The predicted octanol–water partition coefficient (Wildman–Crippen LogP) is 3.32. The van der Waals surface area contributed by atoms with Gasteiger partial charge in [-0.3, -0.25) is 19.7 Å². The first-order chi connectivity index (χ1) is 12.9. The van der Waals surface area contributed by atoms with E-state index in [0.29, 0.717) is 17.9 Å². The van der Waals surface area contributed by atoms with Crippen molar-refractivity contribution in [1.82, 2.24) is 4.90 Å². The highest BCUT2D eigenvalue weighted by atomic mass is 32.2. The molecule has 0 N–H and O–H groups in total. The van der Waals surface area contributed by atoms with Gasteiger partial charge in [0.15, 0.2) is 0 Å². The fourth-order valence-corrected chi connectivity index (χ4v) is 6.02. The molecule has 1 saturated carbocycles. The molecule has 1 aromatic rings. The first-order valence-electron chi connectivity index (χ1n) is 9.44. The smallest absolute Gasteiger partial charge is 0.271 e. The van der Waals surface area contributed by atoms with Gasteiger partial charge in [-0.05, 0) is 32.3 Å². The number of thioether (sulfide) groups is 1. The number of nitrogens with zero attached hydrogens (tertiary/aromatic N) is 3. The third-order valence-electron chi connectivity index (χ3n) is 5.98. The Balaban J connectivity index is 1.69. The number of rotatable bonds is 4. The van der Waals surface area contributed by atoms with Gasteiger partial charge in [-0.25, -0.2) is 0 Å². The summed E-state index contributed by atoms with van der Waals surface area (Å²) in [5, 5.41) is 11.2. The molecule has 2 saturated heterocycles. The Morgan fingerprint density at radius 3 is 2.81 bits per heavy atom. The minimum absolute atomic E-state index is 0.0221. The van der Waals surface area contributed by atoms with Gasteiger partial charge in [0.05, 0.1) is 15.5 Å². The van der Waals surface area contributed by atoms with Crippen LogP contribution in [0.2, 0.25) is 0 Å². The summed E-state index contributed by atoms with van der Waals surface area (Å²) >= 11 is 1.67. The van der Waals surface area contributed by atoms with Gasteiger partial charge < -0.3 is 9.80 Å². The molecular weight excluding hydrogens is 366 g/mol. The molecule has 8 heteroatoms. The normalized spacial score (nSPS) is 27.8. The van der Waals surface area contributed by atoms with Crippen LogP contribution >= 0.6 is 11.8 Å². The number of hydrogen-bond donors (Lipinski definition) is 0.